The van der Waals surface area contributed by atoms with Gasteiger partial charge >= 0.3 is 6.09 Å². The summed E-state index contributed by atoms with van der Waals surface area (Å²) < 4.78 is 5.34. The third-order valence-electron chi connectivity index (χ3n) is 4.04. The Kier molecular flexibility index (Phi) is 8.98. The summed E-state index contributed by atoms with van der Waals surface area (Å²) in [5.74, 6) is 0.828. The molecule has 7 nitrogen and oxygen atoms in total. The number of alkyl carbamates (subject to hydrolysis) is 1. The molecule has 1 fully saturated rings. The van der Waals surface area contributed by atoms with E-state index in [4.69, 9.17) is 9.72 Å². The SMILES string of the molecule is CN=C(NCc1csc(C(C)(C)C)n1)N1CC[C@@H](NC(=O)OC(C)(C)C)C1.I. The number of aromatic nitrogens is 1. The number of guanidine groups is 1. The van der Waals surface area contributed by atoms with Crippen LogP contribution in [0.3, 0.4) is 0 Å². The number of carbonyl (C=O) groups is 1. The van der Waals surface area contributed by atoms with Gasteiger partial charge in [0.25, 0.3) is 0 Å². The van der Waals surface area contributed by atoms with Crippen molar-refractivity contribution in [2.45, 2.75) is 71.6 Å². The zero-order chi connectivity index (χ0) is 20.2. The van der Waals surface area contributed by atoms with Crippen molar-refractivity contribution in [3.8, 4) is 0 Å². The molecule has 0 radical (unpaired) electrons. The molecule has 1 atom stereocenters. The van der Waals surface area contributed by atoms with Crippen LogP contribution in [0.15, 0.2) is 10.4 Å². The number of likely N-dealkylation sites (tertiary alicyclic amines) is 1. The van der Waals surface area contributed by atoms with Gasteiger partial charge in [-0.1, -0.05) is 20.8 Å². The van der Waals surface area contributed by atoms with Gasteiger partial charge in [0.2, 0.25) is 0 Å². The summed E-state index contributed by atoms with van der Waals surface area (Å²) in [6.45, 7) is 14.3. The summed E-state index contributed by atoms with van der Waals surface area (Å²) in [6, 6.07) is 0.0603. The molecular formula is C19H34IN5O2S. The number of carbonyl (C=O) groups excluding carboxylic acids is 1. The van der Waals surface area contributed by atoms with E-state index in [9.17, 15) is 4.79 Å². The zero-order valence-electron chi connectivity index (χ0n) is 18.0. The third kappa shape index (κ3) is 7.73. The Morgan fingerprint density at radius 1 is 1.36 bits per heavy atom. The lowest BCUT2D eigenvalue weighted by Gasteiger charge is -2.23. The molecule has 2 heterocycles. The highest BCUT2D eigenvalue weighted by atomic mass is 127. The monoisotopic (exact) mass is 523 g/mol. The Morgan fingerprint density at radius 3 is 2.57 bits per heavy atom. The molecule has 28 heavy (non-hydrogen) atoms. The number of nitrogens with zero attached hydrogens (tertiary/aromatic N) is 3. The van der Waals surface area contributed by atoms with Crippen LogP contribution < -0.4 is 10.6 Å². The van der Waals surface area contributed by atoms with E-state index in [1.807, 2.05) is 20.8 Å². The molecule has 1 aromatic rings. The van der Waals surface area contributed by atoms with E-state index in [-0.39, 0.29) is 41.5 Å². The van der Waals surface area contributed by atoms with Crippen LogP contribution >= 0.6 is 35.3 Å². The molecule has 0 unspecified atom stereocenters. The van der Waals surface area contributed by atoms with Gasteiger partial charge in [-0.15, -0.1) is 35.3 Å². The van der Waals surface area contributed by atoms with E-state index in [1.165, 1.54) is 0 Å². The average Bonchev–Trinajstić information content (AvgIpc) is 3.15. The molecule has 0 spiro atoms. The first-order valence-corrected chi connectivity index (χ1v) is 10.3. The number of nitrogens with one attached hydrogen (secondary N) is 2. The lowest BCUT2D eigenvalue weighted by atomic mass is 9.98. The van der Waals surface area contributed by atoms with Gasteiger partial charge in [-0.3, -0.25) is 4.99 Å². The predicted molar refractivity (Wildman–Crippen MR) is 126 cm³/mol. The zero-order valence-corrected chi connectivity index (χ0v) is 21.1. The van der Waals surface area contributed by atoms with Crippen molar-refractivity contribution in [1.29, 1.82) is 0 Å². The first-order valence-electron chi connectivity index (χ1n) is 9.38. The van der Waals surface area contributed by atoms with Gasteiger partial charge in [0, 0.05) is 30.9 Å². The number of halogens is 1. The second kappa shape index (κ2) is 10.1. The highest BCUT2D eigenvalue weighted by molar-refractivity contribution is 14.0. The number of thiazole rings is 1. The van der Waals surface area contributed by atoms with Gasteiger partial charge in [0.1, 0.15) is 5.60 Å². The fourth-order valence-corrected chi connectivity index (χ4v) is 3.69. The summed E-state index contributed by atoms with van der Waals surface area (Å²) in [5, 5.41) is 9.55. The molecule has 0 aromatic carbocycles. The van der Waals surface area contributed by atoms with Crippen molar-refractivity contribution >= 4 is 47.4 Å². The second-order valence-electron chi connectivity index (χ2n) is 8.87. The molecule has 160 valence electrons. The minimum atomic E-state index is -0.487. The third-order valence-corrected chi connectivity index (χ3v) is 5.36. The fourth-order valence-electron chi connectivity index (χ4n) is 2.78. The molecule has 1 amide bonds. The number of amides is 1. The maximum Gasteiger partial charge on any atom is 0.407 e. The number of ether oxygens (including phenoxy) is 1. The van der Waals surface area contributed by atoms with Crippen LogP contribution in [0.1, 0.15) is 58.7 Å². The van der Waals surface area contributed by atoms with Crippen molar-refractivity contribution in [2.24, 2.45) is 4.99 Å². The summed E-state index contributed by atoms with van der Waals surface area (Å²) in [4.78, 5) is 23.2. The number of hydrogen-bond donors (Lipinski definition) is 2. The summed E-state index contributed by atoms with van der Waals surface area (Å²) >= 11 is 1.69. The fraction of sp³-hybridized carbons (Fsp3) is 0.737. The molecule has 1 aliphatic rings. The first kappa shape index (κ1) is 24.9. The van der Waals surface area contributed by atoms with E-state index in [0.717, 1.165) is 29.6 Å². The maximum atomic E-state index is 11.9. The predicted octanol–water partition coefficient (Wildman–Crippen LogP) is 3.73. The molecule has 2 rings (SSSR count). The quantitative estimate of drug-likeness (QED) is 0.359. The number of aliphatic imine (C=N–C) groups is 1. The number of rotatable bonds is 3. The Morgan fingerprint density at radius 2 is 2.04 bits per heavy atom. The van der Waals surface area contributed by atoms with Crippen molar-refractivity contribution in [2.75, 3.05) is 20.1 Å². The summed E-state index contributed by atoms with van der Waals surface area (Å²) in [5.41, 5.74) is 0.605. The van der Waals surface area contributed by atoms with Crippen molar-refractivity contribution < 1.29 is 9.53 Å². The topological polar surface area (TPSA) is 78.9 Å². The van der Waals surface area contributed by atoms with Crippen LogP contribution in [-0.2, 0) is 16.7 Å². The standard InChI is InChI=1S/C19H33N5O2S.HI/c1-18(2,3)15-22-14(12-27-15)10-21-16(20-7)24-9-8-13(11-24)23-17(25)26-19(4,5)6;/h12-13H,8-11H2,1-7H3,(H,20,21)(H,23,25);1H/t13-;/m1./s1. The maximum absolute atomic E-state index is 11.9. The lowest BCUT2D eigenvalue weighted by Crippen LogP contribution is -2.44. The van der Waals surface area contributed by atoms with Crippen LogP contribution in [-0.4, -0.2) is 53.7 Å². The van der Waals surface area contributed by atoms with Crippen LogP contribution in [0.2, 0.25) is 0 Å². The molecule has 2 N–H and O–H groups in total. The number of hydrogen-bond acceptors (Lipinski definition) is 5. The van der Waals surface area contributed by atoms with Gasteiger partial charge in [-0.05, 0) is 27.2 Å². The normalized spacial score (nSPS) is 17.9. The molecule has 1 aromatic heterocycles. The van der Waals surface area contributed by atoms with Crippen LogP contribution in [0.4, 0.5) is 4.79 Å². The van der Waals surface area contributed by atoms with Gasteiger partial charge in [-0.25, -0.2) is 9.78 Å². The molecular weight excluding hydrogens is 489 g/mol. The van der Waals surface area contributed by atoms with E-state index in [1.54, 1.807) is 18.4 Å². The average molecular weight is 523 g/mol. The van der Waals surface area contributed by atoms with Crippen LogP contribution in [0.5, 0.6) is 0 Å². The highest BCUT2D eigenvalue weighted by Gasteiger charge is 2.28. The Labute approximate surface area is 189 Å². The van der Waals surface area contributed by atoms with E-state index in [2.05, 4.69) is 46.7 Å². The second-order valence-corrected chi connectivity index (χ2v) is 9.73. The molecule has 9 heteroatoms. The van der Waals surface area contributed by atoms with Gasteiger partial charge < -0.3 is 20.3 Å². The van der Waals surface area contributed by atoms with Crippen molar-refractivity contribution in [3.63, 3.8) is 0 Å². The van der Waals surface area contributed by atoms with Gasteiger partial charge in [0.05, 0.1) is 23.3 Å². The van der Waals surface area contributed by atoms with Gasteiger partial charge in [-0.2, -0.15) is 0 Å². The highest BCUT2D eigenvalue weighted by Crippen LogP contribution is 2.25. The largest absolute Gasteiger partial charge is 0.444 e. The van der Waals surface area contributed by atoms with E-state index >= 15 is 0 Å². The minimum absolute atomic E-state index is 0. The summed E-state index contributed by atoms with van der Waals surface area (Å²) in [7, 11) is 1.78. The van der Waals surface area contributed by atoms with Crippen molar-refractivity contribution in [1.82, 2.24) is 20.5 Å². The molecule has 1 aliphatic heterocycles. The van der Waals surface area contributed by atoms with Crippen molar-refractivity contribution in [3.05, 3.63) is 16.1 Å². The smallest absolute Gasteiger partial charge is 0.407 e. The van der Waals surface area contributed by atoms with E-state index in [0.29, 0.717) is 13.1 Å². The molecule has 0 aliphatic carbocycles. The van der Waals surface area contributed by atoms with E-state index < -0.39 is 5.60 Å². The Bertz CT molecular complexity index is 679. The first-order chi connectivity index (χ1) is 12.5. The lowest BCUT2D eigenvalue weighted by molar-refractivity contribution is 0.0507. The Balaban J connectivity index is 0.00000392. The molecule has 0 bridgehead atoms. The molecule has 1 saturated heterocycles. The van der Waals surface area contributed by atoms with Gasteiger partial charge in [0.15, 0.2) is 5.96 Å². The Hall–Kier alpha value is -1.10. The summed E-state index contributed by atoms with van der Waals surface area (Å²) in [6.07, 6.45) is 0.500. The van der Waals surface area contributed by atoms with Crippen LogP contribution in [0, 0.1) is 0 Å². The van der Waals surface area contributed by atoms with Crippen LogP contribution in [0.25, 0.3) is 0 Å². The molecule has 0 saturated carbocycles. The minimum Gasteiger partial charge on any atom is -0.444 e.